The summed E-state index contributed by atoms with van der Waals surface area (Å²) in [6, 6.07) is 5.78. The van der Waals surface area contributed by atoms with Crippen LogP contribution in [0.25, 0.3) is 0 Å². The zero-order chi connectivity index (χ0) is 10.7. The van der Waals surface area contributed by atoms with Crippen molar-refractivity contribution >= 4 is 0 Å². The maximum absolute atomic E-state index is 8.75. The molecule has 0 spiro atoms. The summed E-state index contributed by atoms with van der Waals surface area (Å²) in [6.45, 7) is 0.745. The third kappa shape index (κ3) is 1.74. The van der Waals surface area contributed by atoms with E-state index in [4.69, 9.17) is 19.5 Å². The van der Waals surface area contributed by atoms with E-state index < -0.39 is 0 Å². The van der Waals surface area contributed by atoms with Crippen molar-refractivity contribution in [1.82, 2.24) is 0 Å². The van der Waals surface area contributed by atoms with Gasteiger partial charge >= 0.3 is 0 Å². The van der Waals surface area contributed by atoms with Gasteiger partial charge in [0.1, 0.15) is 11.5 Å². The lowest BCUT2D eigenvalue weighted by Crippen LogP contribution is -2.13. The average Bonchev–Trinajstić information content (AvgIpc) is 2.30. The molecule has 4 heteroatoms. The summed E-state index contributed by atoms with van der Waals surface area (Å²) in [5.74, 6) is 1.50. The van der Waals surface area contributed by atoms with Gasteiger partial charge in [-0.3, -0.25) is 0 Å². The first-order valence-corrected chi connectivity index (χ1v) is 4.63. The highest BCUT2D eigenvalue weighted by Gasteiger charge is 2.18. The molecule has 78 valence electrons. The highest BCUT2D eigenvalue weighted by molar-refractivity contribution is 5.50. The summed E-state index contributed by atoms with van der Waals surface area (Å²) in [4.78, 5) is 0. The van der Waals surface area contributed by atoms with E-state index in [-0.39, 0.29) is 6.79 Å². The molecule has 1 aliphatic heterocycles. The van der Waals surface area contributed by atoms with Gasteiger partial charge in [-0.15, -0.1) is 0 Å². The topological polar surface area (TPSA) is 51.5 Å². The summed E-state index contributed by atoms with van der Waals surface area (Å²) in [6.07, 6.45) is 0.305. The lowest BCUT2D eigenvalue weighted by Gasteiger charge is -2.21. The zero-order valence-electron chi connectivity index (χ0n) is 8.45. The van der Waals surface area contributed by atoms with Gasteiger partial charge in [-0.05, 0) is 12.1 Å². The Kier molecular flexibility index (Phi) is 2.75. The summed E-state index contributed by atoms with van der Waals surface area (Å²) in [5.41, 5.74) is 1.78. The summed E-state index contributed by atoms with van der Waals surface area (Å²) >= 11 is 0. The second-order valence-electron chi connectivity index (χ2n) is 3.17. The molecule has 0 unspecified atom stereocenters. The molecule has 0 aliphatic carbocycles. The summed E-state index contributed by atoms with van der Waals surface area (Å²) in [5, 5.41) is 8.75. The molecule has 0 atom stereocenters. The Hall–Kier alpha value is -1.73. The number of hydrogen-bond acceptors (Lipinski definition) is 4. The van der Waals surface area contributed by atoms with Gasteiger partial charge in [0.25, 0.3) is 0 Å². The van der Waals surface area contributed by atoms with Crippen molar-refractivity contribution in [2.24, 2.45) is 0 Å². The fourth-order valence-electron chi connectivity index (χ4n) is 1.66. The molecule has 2 rings (SSSR count). The quantitative estimate of drug-likeness (QED) is 0.736. The molecule has 0 radical (unpaired) electrons. The molecule has 0 aromatic heterocycles. The maximum atomic E-state index is 8.75. The van der Waals surface area contributed by atoms with Crippen LogP contribution in [0.1, 0.15) is 11.1 Å². The number of nitrogens with zero attached hydrogens (tertiary/aromatic N) is 1. The lowest BCUT2D eigenvalue weighted by atomic mass is 10.0. The molecule has 4 nitrogen and oxygen atoms in total. The molecule has 0 amide bonds. The van der Waals surface area contributed by atoms with Gasteiger partial charge in [0.05, 0.1) is 26.2 Å². The van der Waals surface area contributed by atoms with Crippen LogP contribution in [0.15, 0.2) is 12.1 Å². The van der Waals surface area contributed by atoms with Crippen molar-refractivity contribution in [2.75, 3.05) is 13.9 Å². The van der Waals surface area contributed by atoms with E-state index in [9.17, 15) is 0 Å². The molecule has 0 fully saturated rings. The summed E-state index contributed by atoms with van der Waals surface area (Å²) in [7, 11) is 1.59. The molecular formula is C11H11NO3. The van der Waals surface area contributed by atoms with Crippen LogP contribution in [0, 0.1) is 11.3 Å². The molecule has 1 heterocycles. The average molecular weight is 205 g/mol. The standard InChI is InChI=1S/C11H11NO3/c1-13-10-2-3-11-9(6-14-7-15-11)8(10)4-5-12/h2-3H,4,6-7H2,1H3. The number of benzene rings is 1. The largest absolute Gasteiger partial charge is 0.496 e. The van der Waals surface area contributed by atoms with Gasteiger partial charge in [-0.1, -0.05) is 0 Å². The predicted molar refractivity (Wildman–Crippen MR) is 52.6 cm³/mol. The highest BCUT2D eigenvalue weighted by Crippen LogP contribution is 2.33. The fraction of sp³-hybridized carbons (Fsp3) is 0.364. The number of ether oxygens (including phenoxy) is 3. The molecule has 1 aliphatic rings. The minimum absolute atomic E-state index is 0.269. The molecule has 15 heavy (non-hydrogen) atoms. The van der Waals surface area contributed by atoms with Crippen molar-refractivity contribution in [3.05, 3.63) is 23.3 Å². The van der Waals surface area contributed by atoms with Crippen molar-refractivity contribution in [3.8, 4) is 17.6 Å². The zero-order valence-corrected chi connectivity index (χ0v) is 8.45. The highest BCUT2D eigenvalue weighted by atomic mass is 16.7. The SMILES string of the molecule is COc1ccc2c(c1CC#N)COCO2. The number of methoxy groups -OCH3 is 1. The third-order valence-electron chi connectivity index (χ3n) is 2.37. The Morgan fingerprint density at radius 2 is 2.40 bits per heavy atom. The Labute approximate surface area is 88.0 Å². The van der Waals surface area contributed by atoms with Gasteiger partial charge in [-0.2, -0.15) is 5.26 Å². The molecule has 0 N–H and O–H groups in total. The molecule has 1 aromatic carbocycles. The Morgan fingerprint density at radius 1 is 1.53 bits per heavy atom. The van der Waals surface area contributed by atoms with E-state index in [2.05, 4.69) is 6.07 Å². The number of fused-ring (bicyclic) bond motifs is 1. The van der Waals surface area contributed by atoms with Crippen LogP contribution in [0.3, 0.4) is 0 Å². The Bertz CT molecular complexity index is 409. The molecule has 1 aromatic rings. The number of nitriles is 1. The van der Waals surface area contributed by atoms with Crippen LogP contribution in [0.5, 0.6) is 11.5 Å². The lowest BCUT2D eigenvalue weighted by molar-refractivity contribution is -0.0169. The summed E-state index contributed by atoms with van der Waals surface area (Å²) < 4.78 is 15.7. The van der Waals surface area contributed by atoms with E-state index in [1.807, 2.05) is 12.1 Å². The Balaban J connectivity index is 2.50. The molecule has 0 saturated heterocycles. The van der Waals surface area contributed by atoms with Crippen molar-refractivity contribution in [2.45, 2.75) is 13.0 Å². The predicted octanol–water partition coefficient (Wildman–Crippen LogP) is 1.63. The Morgan fingerprint density at radius 3 is 3.13 bits per heavy atom. The minimum atomic E-state index is 0.269. The van der Waals surface area contributed by atoms with Crippen LogP contribution in [-0.4, -0.2) is 13.9 Å². The van der Waals surface area contributed by atoms with Crippen LogP contribution < -0.4 is 9.47 Å². The van der Waals surface area contributed by atoms with E-state index in [1.54, 1.807) is 7.11 Å². The van der Waals surface area contributed by atoms with E-state index in [0.29, 0.717) is 18.8 Å². The van der Waals surface area contributed by atoms with Crippen molar-refractivity contribution in [3.63, 3.8) is 0 Å². The van der Waals surface area contributed by atoms with Gasteiger partial charge < -0.3 is 14.2 Å². The smallest absolute Gasteiger partial charge is 0.189 e. The second-order valence-corrected chi connectivity index (χ2v) is 3.17. The van der Waals surface area contributed by atoms with Crippen LogP contribution >= 0.6 is 0 Å². The van der Waals surface area contributed by atoms with E-state index >= 15 is 0 Å². The number of rotatable bonds is 2. The van der Waals surface area contributed by atoms with Gasteiger partial charge in [-0.25, -0.2) is 0 Å². The van der Waals surface area contributed by atoms with Gasteiger partial charge in [0.15, 0.2) is 6.79 Å². The van der Waals surface area contributed by atoms with Gasteiger partial charge in [0, 0.05) is 11.1 Å². The van der Waals surface area contributed by atoms with Gasteiger partial charge in [0.2, 0.25) is 0 Å². The first-order valence-electron chi connectivity index (χ1n) is 4.63. The second kappa shape index (κ2) is 4.20. The maximum Gasteiger partial charge on any atom is 0.189 e. The normalized spacial score (nSPS) is 13.6. The van der Waals surface area contributed by atoms with Crippen LogP contribution in [-0.2, 0) is 17.8 Å². The molecule has 0 bridgehead atoms. The number of hydrogen-bond donors (Lipinski definition) is 0. The monoisotopic (exact) mass is 205 g/mol. The van der Waals surface area contributed by atoms with E-state index in [0.717, 1.165) is 16.9 Å². The fourth-order valence-corrected chi connectivity index (χ4v) is 1.66. The van der Waals surface area contributed by atoms with Crippen LogP contribution in [0.4, 0.5) is 0 Å². The minimum Gasteiger partial charge on any atom is -0.496 e. The van der Waals surface area contributed by atoms with E-state index in [1.165, 1.54) is 0 Å². The molecular weight excluding hydrogens is 194 g/mol. The third-order valence-corrected chi connectivity index (χ3v) is 2.37. The van der Waals surface area contributed by atoms with Crippen molar-refractivity contribution in [1.29, 1.82) is 5.26 Å². The molecule has 0 saturated carbocycles. The first kappa shape index (κ1) is 9.81. The van der Waals surface area contributed by atoms with Crippen molar-refractivity contribution < 1.29 is 14.2 Å². The van der Waals surface area contributed by atoms with Crippen LogP contribution in [0.2, 0.25) is 0 Å². The first-order chi connectivity index (χ1) is 7.36.